The highest BCUT2D eigenvalue weighted by atomic mass is 32.1. The molecule has 0 fully saturated rings. The number of fused-ring (bicyclic) bond motifs is 1. The minimum absolute atomic E-state index is 0.253. The van der Waals surface area contributed by atoms with E-state index in [9.17, 15) is 4.79 Å². The zero-order chi connectivity index (χ0) is 19.8. The van der Waals surface area contributed by atoms with E-state index in [2.05, 4.69) is 20.5 Å². The number of furan rings is 1. The van der Waals surface area contributed by atoms with Crippen LogP contribution in [0.5, 0.6) is 11.5 Å². The van der Waals surface area contributed by atoms with Gasteiger partial charge in [0.15, 0.2) is 28.1 Å². The molecular formula is C20H16N4O4S. The van der Waals surface area contributed by atoms with Crippen LogP contribution in [-0.2, 0) is 6.42 Å². The first-order valence-electron chi connectivity index (χ1n) is 8.91. The molecular weight excluding hydrogens is 392 g/mol. The second-order valence-electron chi connectivity index (χ2n) is 6.49. The topological polar surface area (TPSA) is 102 Å². The van der Waals surface area contributed by atoms with Crippen LogP contribution in [0.1, 0.15) is 26.6 Å². The first-order valence-corrected chi connectivity index (χ1v) is 9.73. The van der Waals surface area contributed by atoms with Crippen molar-refractivity contribution in [3.8, 4) is 23.0 Å². The lowest BCUT2D eigenvalue weighted by Gasteiger charge is -2.02. The molecule has 0 radical (unpaired) electrons. The number of anilines is 1. The molecule has 29 heavy (non-hydrogen) atoms. The van der Waals surface area contributed by atoms with E-state index in [1.807, 2.05) is 25.1 Å². The molecule has 3 aromatic heterocycles. The highest BCUT2D eigenvalue weighted by Gasteiger charge is 2.17. The monoisotopic (exact) mass is 408 g/mol. The molecule has 4 heterocycles. The number of carbonyl (C=O) groups is 1. The smallest absolute Gasteiger partial charge is 0.277 e. The Morgan fingerprint density at radius 1 is 1.24 bits per heavy atom. The number of nitrogens with one attached hydrogen (secondary N) is 2. The van der Waals surface area contributed by atoms with Crippen molar-refractivity contribution >= 4 is 22.4 Å². The molecule has 0 aliphatic carbocycles. The predicted octanol–water partition coefficient (Wildman–Crippen LogP) is 4.01. The fourth-order valence-corrected chi connectivity index (χ4v) is 4.03. The number of aryl methyl sites for hydroxylation is 1. The number of rotatable bonds is 5. The Bertz CT molecular complexity index is 1180. The highest BCUT2D eigenvalue weighted by Crippen LogP contribution is 2.34. The van der Waals surface area contributed by atoms with Crippen molar-refractivity contribution in [2.24, 2.45) is 0 Å². The number of nitrogens with zero attached hydrogens (tertiary/aromatic N) is 2. The number of benzene rings is 1. The standard InChI is InChI=1S/C20H16N4O4S/c1-11-18(8-12-4-5-16-17(7-12)28-10-27-16)29-20(21-11)22-19(25)14-9-13(23-24-14)15-3-2-6-26-15/h2-7,9H,8,10H2,1H3,(H,23,24)(H,21,22,25). The van der Waals surface area contributed by atoms with Crippen LogP contribution in [0.15, 0.2) is 47.1 Å². The average molecular weight is 408 g/mol. The van der Waals surface area contributed by atoms with Gasteiger partial charge in [0, 0.05) is 17.4 Å². The summed E-state index contributed by atoms with van der Waals surface area (Å²) in [6.07, 6.45) is 2.26. The van der Waals surface area contributed by atoms with Gasteiger partial charge in [-0.3, -0.25) is 15.2 Å². The minimum Gasteiger partial charge on any atom is -0.463 e. The van der Waals surface area contributed by atoms with E-state index in [1.54, 1.807) is 24.5 Å². The van der Waals surface area contributed by atoms with Crippen molar-refractivity contribution in [3.05, 3.63) is 64.5 Å². The number of aromatic nitrogens is 3. The molecule has 8 nitrogen and oxygen atoms in total. The van der Waals surface area contributed by atoms with E-state index in [1.165, 1.54) is 11.3 Å². The second kappa shape index (κ2) is 7.10. The molecule has 4 aromatic rings. The SMILES string of the molecule is Cc1nc(NC(=O)c2cc(-c3ccco3)[nH]n2)sc1Cc1ccc2c(c1)OCO2. The summed E-state index contributed by atoms with van der Waals surface area (Å²) in [6, 6.07) is 11.1. The van der Waals surface area contributed by atoms with E-state index in [-0.39, 0.29) is 18.4 Å². The molecule has 1 aliphatic rings. The lowest BCUT2D eigenvalue weighted by Crippen LogP contribution is -2.12. The lowest BCUT2D eigenvalue weighted by molar-refractivity contribution is 0.102. The zero-order valence-corrected chi connectivity index (χ0v) is 16.2. The molecule has 0 atom stereocenters. The summed E-state index contributed by atoms with van der Waals surface area (Å²) in [5.41, 5.74) is 2.87. The summed E-state index contributed by atoms with van der Waals surface area (Å²) >= 11 is 1.44. The highest BCUT2D eigenvalue weighted by molar-refractivity contribution is 7.15. The van der Waals surface area contributed by atoms with Crippen molar-refractivity contribution < 1.29 is 18.7 Å². The molecule has 1 aromatic carbocycles. The maximum atomic E-state index is 12.5. The molecule has 9 heteroatoms. The van der Waals surface area contributed by atoms with Crippen LogP contribution in [0.25, 0.3) is 11.5 Å². The first kappa shape index (κ1) is 17.5. The molecule has 0 spiro atoms. The summed E-state index contributed by atoms with van der Waals surface area (Å²) in [5, 5.41) is 10.2. The van der Waals surface area contributed by atoms with Crippen molar-refractivity contribution in [1.29, 1.82) is 0 Å². The lowest BCUT2D eigenvalue weighted by atomic mass is 10.1. The van der Waals surface area contributed by atoms with Crippen LogP contribution in [0.4, 0.5) is 5.13 Å². The van der Waals surface area contributed by atoms with Gasteiger partial charge in [0.25, 0.3) is 5.91 Å². The van der Waals surface area contributed by atoms with E-state index >= 15 is 0 Å². The van der Waals surface area contributed by atoms with Gasteiger partial charge in [-0.1, -0.05) is 6.07 Å². The Morgan fingerprint density at radius 3 is 3.00 bits per heavy atom. The van der Waals surface area contributed by atoms with Crippen LogP contribution in [0.2, 0.25) is 0 Å². The Morgan fingerprint density at radius 2 is 2.14 bits per heavy atom. The summed E-state index contributed by atoms with van der Waals surface area (Å²) in [4.78, 5) is 18.1. The number of hydrogen-bond donors (Lipinski definition) is 2. The quantitative estimate of drug-likeness (QED) is 0.517. The van der Waals surface area contributed by atoms with E-state index in [4.69, 9.17) is 13.9 Å². The molecule has 5 rings (SSSR count). The molecule has 2 N–H and O–H groups in total. The fraction of sp³-hybridized carbons (Fsp3) is 0.150. The van der Waals surface area contributed by atoms with Gasteiger partial charge in [-0.25, -0.2) is 4.98 Å². The van der Waals surface area contributed by atoms with Crippen LogP contribution in [0, 0.1) is 6.92 Å². The van der Waals surface area contributed by atoms with Gasteiger partial charge in [-0.05, 0) is 36.8 Å². The normalized spacial score (nSPS) is 12.3. The largest absolute Gasteiger partial charge is 0.463 e. The molecule has 1 amide bonds. The van der Waals surface area contributed by atoms with Crippen molar-refractivity contribution in [3.63, 3.8) is 0 Å². The summed E-state index contributed by atoms with van der Waals surface area (Å²) in [6.45, 7) is 2.18. The van der Waals surface area contributed by atoms with Crippen molar-refractivity contribution in [2.75, 3.05) is 12.1 Å². The Labute approximate surface area is 169 Å². The number of H-pyrrole nitrogens is 1. The summed E-state index contributed by atoms with van der Waals surface area (Å²) in [5.74, 6) is 1.80. The molecule has 0 saturated heterocycles. The van der Waals surface area contributed by atoms with Crippen LogP contribution in [-0.4, -0.2) is 27.9 Å². The first-order chi connectivity index (χ1) is 14.2. The third kappa shape index (κ3) is 3.47. The van der Waals surface area contributed by atoms with Crippen molar-refractivity contribution in [1.82, 2.24) is 15.2 Å². The molecule has 1 aliphatic heterocycles. The molecule has 0 bridgehead atoms. The number of carbonyl (C=O) groups excluding carboxylic acids is 1. The van der Waals surface area contributed by atoms with E-state index < -0.39 is 0 Å². The van der Waals surface area contributed by atoms with Gasteiger partial charge < -0.3 is 13.9 Å². The van der Waals surface area contributed by atoms with Gasteiger partial charge >= 0.3 is 0 Å². The van der Waals surface area contributed by atoms with Crippen LogP contribution in [0.3, 0.4) is 0 Å². The predicted molar refractivity (Wildman–Crippen MR) is 106 cm³/mol. The minimum atomic E-state index is -0.331. The number of ether oxygens (including phenoxy) is 2. The second-order valence-corrected chi connectivity index (χ2v) is 7.57. The van der Waals surface area contributed by atoms with E-state index in [0.717, 1.165) is 27.6 Å². The molecule has 0 unspecified atom stereocenters. The summed E-state index contributed by atoms with van der Waals surface area (Å²) < 4.78 is 16.1. The Hall–Kier alpha value is -3.59. The number of aromatic amines is 1. The molecule has 0 saturated carbocycles. The average Bonchev–Trinajstić information content (AvgIpc) is 3.50. The molecule has 146 valence electrons. The number of amides is 1. The Kier molecular flexibility index (Phi) is 4.28. The van der Waals surface area contributed by atoms with Gasteiger partial charge in [0.1, 0.15) is 5.69 Å². The van der Waals surface area contributed by atoms with Gasteiger partial charge in [-0.15, -0.1) is 11.3 Å². The van der Waals surface area contributed by atoms with Gasteiger partial charge in [-0.2, -0.15) is 5.10 Å². The van der Waals surface area contributed by atoms with Gasteiger partial charge in [0.05, 0.1) is 12.0 Å². The van der Waals surface area contributed by atoms with Crippen LogP contribution >= 0.6 is 11.3 Å². The third-order valence-electron chi connectivity index (χ3n) is 4.51. The van der Waals surface area contributed by atoms with E-state index in [0.29, 0.717) is 23.0 Å². The number of hydrogen-bond acceptors (Lipinski definition) is 7. The maximum absolute atomic E-state index is 12.5. The van der Waals surface area contributed by atoms with Crippen LogP contribution < -0.4 is 14.8 Å². The fourth-order valence-electron chi connectivity index (χ4n) is 3.04. The summed E-state index contributed by atoms with van der Waals surface area (Å²) in [7, 11) is 0. The Balaban J connectivity index is 1.29. The van der Waals surface area contributed by atoms with Gasteiger partial charge in [0.2, 0.25) is 6.79 Å². The maximum Gasteiger partial charge on any atom is 0.277 e. The van der Waals surface area contributed by atoms with Crippen molar-refractivity contribution in [2.45, 2.75) is 13.3 Å². The third-order valence-corrected chi connectivity index (χ3v) is 5.58. The zero-order valence-electron chi connectivity index (χ0n) is 15.4. The number of thiazole rings is 1.